The molecule has 0 saturated carbocycles. The van der Waals surface area contributed by atoms with Crippen LogP contribution in [0.5, 0.6) is 0 Å². The third kappa shape index (κ3) is 19.4. The topological polar surface area (TPSA) is 74.6 Å². The molecule has 0 aromatic heterocycles. The van der Waals surface area contributed by atoms with Crippen molar-refractivity contribution < 1.29 is 19.8 Å². The van der Waals surface area contributed by atoms with Crippen LogP contribution in [0.15, 0.2) is 0 Å². The molecule has 0 atom stereocenters. The molecular formula is C7H12Na2O4. The van der Waals surface area contributed by atoms with Crippen molar-refractivity contribution in [3.63, 3.8) is 0 Å². The van der Waals surface area contributed by atoms with E-state index in [1.165, 1.54) is 0 Å². The molecule has 2 radical (unpaired) electrons. The summed E-state index contributed by atoms with van der Waals surface area (Å²) in [6.07, 6.45) is 2.10. The monoisotopic (exact) mass is 206 g/mol. The minimum atomic E-state index is -0.819. The van der Waals surface area contributed by atoms with Gasteiger partial charge in [0.1, 0.15) is 0 Å². The van der Waals surface area contributed by atoms with Crippen LogP contribution >= 0.6 is 0 Å². The molecule has 0 rings (SSSR count). The van der Waals surface area contributed by atoms with Crippen LogP contribution in [0.3, 0.4) is 0 Å². The molecule has 0 aromatic carbocycles. The van der Waals surface area contributed by atoms with Crippen molar-refractivity contribution in [1.29, 1.82) is 0 Å². The summed E-state index contributed by atoms with van der Waals surface area (Å²) in [5, 5.41) is 16.4. The molecule has 66 valence electrons. The fourth-order valence-electron chi connectivity index (χ4n) is 0.729. The average Bonchev–Trinajstić information content (AvgIpc) is 1.85. The minimum Gasteiger partial charge on any atom is -0.481 e. The second-order valence-electron chi connectivity index (χ2n) is 2.35. The molecule has 0 aliphatic carbocycles. The molecule has 0 bridgehead atoms. The zero-order chi connectivity index (χ0) is 8.69. The van der Waals surface area contributed by atoms with E-state index in [0.717, 1.165) is 0 Å². The third-order valence-electron chi connectivity index (χ3n) is 1.28. The predicted molar refractivity (Wildman–Crippen MR) is 49.9 cm³/mol. The maximum absolute atomic E-state index is 9.98. The van der Waals surface area contributed by atoms with Gasteiger partial charge in [-0.15, -0.1) is 0 Å². The first kappa shape index (κ1) is 19.5. The molecule has 0 fully saturated rings. The molecular weight excluding hydrogens is 194 g/mol. The summed E-state index contributed by atoms with van der Waals surface area (Å²) in [6.45, 7) is 0. The van der Waals surface area contributed by atoms with Crippen molar-refractivity contribution in [2.75, 3.05) is 0 Å². The van der Waals surface area contributed by atoms with Crippen LogP contribution in [0.1, 0.15) is 32.1 Å². The maximum atomic E-state index is 9.98. The van der Waals surface area contributed by atoms with E-state index in [-0.39, 0.29) is 72.0 Å². The second kappa shape index (κ2) is 12.9. The SMILES string of the molecule is O=C(O)CCCCCC(=O)O.[Na].[Na]. The van der Waals surface area contributed by atoms with Crippen molar-refractivity contribution in [1.82, 2.24) is 0 Å². The Bertz CT molecular complexity index is 133. The van der Waals surface area contributed by atoms with E-state index >= 15 is 0 Å². The predicted octanol–water partition coefficient (Wildman–Crippen LogP) is 0.344. The van der Waals surface area contributed by atoms with Crippen LogP contribution in [-0.2, 0) is 9.59 Å². The van der Waals surface area contributed by atoms with Gasteiger partial charge in [-0.25, -0.2) is 0 Å². The summed E-state index contributed by atoms with van der Waals surface area (Å²) in [5.74, 6) is -1.64. The van der Waals surface area contributed by atoms with Crippen molar-refractivity contribution >= 4 is 71.1 Å². The van der Waals surface area contributed by atoms with Crippen LogP contribution in [0, 0.1) is 0 Å². The fraction of sp³-hybridized carbons (Fsp3) is 0.714. The van der Waals surface area contributed by atoms with Gasteiger partial charge >= 0.3 is 11.9 Å². The number of rotatable bonds is 6. The molecule has 13 heavy (non-hydrogen) atoms. The number of carbonyl (C=O) groups is 2. The van der Waals surface area contributed by atoms with E-state index in [0.29, 0.717) is 19.3 Å². The van der Waals surface area contributed by atoms with E-state index in [2.05, 4.69) is 0 Å². The number of unbranched alkanes of at least 4 members (excludes halogenated alkanes) is 2. The largest absolute Gasteiger partial charge is 0.481 e. The zero-order valence-electron chi connectivity index (χ0n) is 8.25. The molecule has 4 nitrogen and oxygen atoms in total. The zero-order valence-corrected chi connectivity index (χ0v) is 12.2. The molecule has 2 N–H and O–H groups in total. The third-order valence-corrected chi connectivity index (χ3v) is 1.28. The molecule has 6 heteroatoms. The van der Waals surface area contributed by atoms with Crippen LogP contribution in [0.4, 0.5) is 0 Å². The van der Waals surface area contributed by atoms with Crippen LogP contribution in [-0.4, -0.2) is 81.3 Å². The Morgan fingerprint density at radius 1 is 0.769 bits per heavy atom. The number of hydrogen-bond acceptors (Lipinski definition) is 2. The summed E-state index contributed by atoms with van der Waals surface area (Å²) in [5.41, 5.74) is 0. The second-order valence-corrected chi connectivity index (χ2v) is 2.35. The summed E-state index contributed by atoms with van der Waals surface area (Å²) in [4.78, 5) is 20.0. The molecule has 0 saturated heterocycles. The van der Waals surface area contributed by atoms with Crippen molar-refractivity contribution in [3.8, 4) is 0 Å². The van der Waals surface area contributed by atoms with Gasteiger partial charge in [0.25, 0.3) is 0 Å². The van der Waals surface area contributed by atoms with Crippen LogP contribution in [0.25, 0.3) is 0 Å². The first-order valence-electron chi connectivity index (χ1n) is 3.56. The number of carboxylic acid groups (broad SMARTS) is 2. The van der Waals surface area contributed by atoms with Gasteiger partial charge in [0, 0.05) is 72.0 Å². The standard InChI is InChI=1S/C7H12O4.2Na/c8-6(9)4-2-1-3-5-7(10)11;;/h1-5H2,(H,8,9)(H,10,11);;. The number of carboxylic acids is 2. The molecule has 0 spiro atoms. The van der Waals surface area contributed by atoms with E-state index in [1.54, 1.807) is 0 Å². The summed E-state index contributed by atoms with van der Waals surface area (Å²) in [7, 11) is 0. The molecule has 0 aliphatic heterocycles. The normalized spacial score (nSPS) is 8.00. The Balaban J connectivity index is -0.000000500. The van der Waals surface area contributed by atoms with Crippen LogP contribution in [0.2, 0.25) is 0 Å². The molecule has 0 amide bonds. The Labute approximate surface area is 122 Å². The minimum absolute atomic E-state index is 0. The van der Waals surface area contributed by atoms with E-state index < -0.39 is 11.9 Å². The van der Waals surface area contributed by atoms with E-state index in [1.807, 2.05) is 0 Å². The van der Waals surface area contributed by atoms with Gasteiger partial charge in [-0.2, -0.15) is 0 Å². The summed E-state index contributed by atoms with van der Waals surface area (Å²) >= 11 is 0. The molecule has 0 aliphatic rings. The summed E-state index contributed by atoms with van der Waals surface area (Å²) < 4.78 is 0. The Kier molecular flexibility index (Phi) is 19.4. The van der Waals surface area contributed by atoms with Crippen molar-refractivity contribution in [3.05, 3.63) is 0 Å². The van der Waals surface area contributed by atoms with Crippen molar-refractivity contribution in [2.45, 2.75) is 32.1 Å². The smallest absolute Gasteiger partial charge is 0.303 e. The van der Waals surface area contributed by atoms with Gasteiger partial charge in [0.05, 0.1) is 0 Å². The Morgan fingerprint density at radius 2 is 1.08 bits per heavy atom. The molecule has 0 heterocycles. The van der Waals surface area contributed by atoms with Gasteiger partial charge in [0.15, 0.2) is 0 Å². The number of aliphatic carboxylic acids is 2. The Hall–Kier alpha value is 0.940. The van der Waals surface area contributed by atoms with Gasteiger partial charge in [-0.1, -0.05) is 6.42 Å². The van der Waals surface area contributed by atoms with Gasteiger partial charge < -0.3 is 10.2 Å². The molecule has 0 unspecified atom stereocenters. The molecule has 0 aromatic rings. The fourth-order valence-corrected chi connectivity index (χ4v) is 0.729. The first-order chi connectivity index (χ1) is 5.13. The van der Waals surface area contributed by atoms with Crippen molar-refractivity contribution in [2.24, 2.45) is 0 Å². The van der Waals surface area contributed by atoms with E-state index in [4.69, 9.17) is 10.2 Å². The quantitative estimate of drug-likeness (QED) is 0.485. The van der Waals surface area contributed by atoms with Gasteiger partial charge in [-0.3, -0.25) is 9.59 Å². The van der Waals surface area contributed by atoms with Gasteiger partial charge in [0.2, 0.25) is 0 Å². The number of hydrogen-bond donors (Lipinski definition) is 2. The Morgan fingerprint density at radius 3 is 1.31 bits per heavy atom. The maximum Gasteiger partial charge on any atom is 0.303 e. The first-order valence-corrected chi connectivity index (χ1v) is 3.56. The van der Waals surface area contributed by atoms with Gasteiger partial charge in [-0.05, 0) is 12.8 Å². The average molecular weight is 206 g/mol. The van der Waals surface area contributed by atoms with Crippen LogP contribution < -0.4 is 0 Å². The summed E-state index contributed by atoms with van der Waals surface area (Å²) in [6, 6.07) is 0. The van der Waals surface area contributed by atoms with E-state index in [9.17, 15) is 9.59 Å².